The van der Waals surface area contributed by atoms with Crippen molar-refractivity contribution in [2.45, 2.75) is 12.6 Å². The Kier molecular flexibility index (Phi) is 3.38. The number of rotatable bonds is 3. The zero-order chi connectivity index (χ0) is 11.5. The summed E-state index contributed by atoms with van der Waals surface area (Å²) in [6.45, 7) is 0.196. The van der Waals surface area contributed by atoms with Gasteiger partial charge in [0.05, 0.1) is 6.54 Å². The molecule has 1 aromatic heterocycles. The first kappa shape index (κ1) is 11.3. The van der Waals surface area contributed by atoms with Crippen molar-refractivity contribution in [1.29, 1.82) is 0 Å². The first-order valence-electron chi connectivity index (χ1n) is 4.50. The number of aromatic nitrogens is 4. The maximum absolute atomic E-state index is 9.91. The largest absolute Gasteiger partial charge is 0.386 e. The van der Waals surface area contributed by atoms with E-state index in [2.05, 4.69) is 15.4 Å². The van der Waals surface area contributed by atoms with Gasteiger partial charge in [0.15, 0.2) is 6.33 Å². The van der Waals surface area contributed by atoms with Gasteiger partial charge in [-0.05, 0) is 17.3 Å². The molecule has 0 saturated heterocycles. The van der Waals surface area contributed by atoms with Crippen molar-refractivity contribution in [2.75, 3.05) is 0 Å². The third-order valence-corrected chi connectivity index (χ3v) is 2.61. The third-order valence-electron chi connectivity index (χ3n) is 2.05. The highest BCUT2D eigenvalue weighted by atomic mass is 35.5. The maximum atomic E-state index is 9.91. The van der Waals surface area contributed by atoms with Gasteiger partial charge in [-0.1, -0.05) is 29.3 Å². The van der Waals surface area contributed by atoms with E-state index in [4.69, 9.17) is 23.2 Å². The third kappa shape index (κ3) is 2.49. The van der Waals surface area contributed by atoms with Gasteiger partial charge in [0.1, 0.15) is 6.10 Å². The summed E-state index contributed by atoms with van der Waals surface area (Å²) in [5, 5.41) is 21.8. The lowest BCUT2D eigenvalue weighted by molar-refractivity contribution is 0.144. The Morgan fingerprint density at radius 2 is 2.19 bits per heavy atom. The van der Waals surface area contributed by atoms with Crippen LogP contribution in [0.15, 0.2) is 24.5 Å². The van der Waals surface area contributed by atoms with Crippen molar-refractivity contribution >= 4 is 23.2 Å². The summed E-state index contributed by atoms with van der Waals surface area (Å²) >= 11 is 11.7. The van der Waals surface area contributed by atoms with Gasteiger partial charge in [-0.3, -0.25) is 0 Å². The number of aliphatic hydroxyl groups excluding tert-OH is 1. The van der Waals surface area contributed by atoms with E-state index < -0.39 is 6.10 Å². The SMILES string of the molecule is O[C@@H](Cn1ncnn1)c1ccc(Cl)cc1Cl. The Bertz CT molecular complexity index is 474. The van der Waals surface area contributed by atoms with E-state index in [-0.39, 0.29) is 6.54 Å². The molecule has 84 valence electrons. The lowest BCUT2D eigenvalue weighted by Crippen LogP contribution is -2.11. The predicted molar refractivity (Wildman–Crippen MR) is 59.2 cm³/mol. The molecular formula is C9H8Cl2N4O. The number of benzene rings is 1. The molecule has 0 amide bonds. The van der Waals surface area contributed by atoms with Crippen LogP contribution in [0.5, 0.6) is 0 Å². The van der Waals surface area contributed by atoms with Crippen LogP contribution in [0.3, 0.4) is 0 Å². The van der Waals surface area contributed by atoms with E-state index >= 15 is 0 Å². The average Bonchev–Trinajstić information content (AvgIpc) is 2.70. The molecule has 1 N–H and O–H groups in total. The van der Waals surface area contributed by atoms with Crippen LogP contribution in [0.1, 0.15) is 11.7 Å². The molecule has 2 aromatic rings. The second-order valence-electron chi connectivity index (χ2n) is 3.17. The summed E-state index contributed by atoms with van der Waals surface area (Å²) in [7, 11) is 0. The first-order chi connectivity index (χ1) is 7.66. The number of aliphatic hydroxyl groups is 1. The molecule has 0 aliphatic rings. The minimum Gasteiger partial charge on any atom is -0.386 e. The molecule has 7 heteroatoms. The van der Waals surface area contributed by atoms with Gasteiger partial charge < -0.3 is 5.11 Å². The minimum absolute atomic E-state index is 0.196. The fourth-order valence-corrected chi connectivity index (χ4v) is 1.83. The minimum atomic E-state index is -0.793. The molecule has 0 aliphatic carbocycles. The average molecular weight is 259 g/mol. The molecule has 0 aliphatic heterocycles. The molecule has 0 radical (unpaired) electrons. The molecule has 0 bridgehead atoms. The van der Waals surface area contributed by atoms with E-state index in [0.29, 0.717) is 15.6 Å². The molecular weight excluding hydrogens is 251 g/mol. The molecule has 16 heavy (non-hydrogen) atoms. The summed E-state index contributed by atoms with van der Waals surface area (Å²) in [6, 6.07) is 4.92. The fraction of sp³-hybridized carbons (Fsp3) is 0.222. The summed E-state index contributed by atoms with van der Waals surface area (Å²) in [5.41, 5.74) is 0.586. The normalized spacial score (nSPS) is 12.7. The molecule has 0 unspecified atom stereocenters. The fourth-order valence-electron chi connectivity index (χ4n) is 1.30. The second-order valence-corrected chi connectivity index (χ2v) is 4.02. The topological polar surface area (TPSA) is 63.8 Å². The monoisotopic (exact) mass is 258 g/mol. The molecule has 0 saturated carbocycles. The van der Waals surface area contributed by atoms with Crippen LogP contribution in [-0.4, -0.2) is 25.3 Å². The van der Waals surface area contributed by atoms with Gasteiger partial charge in [0, 0.05) is 15.6 Å². The van der Waals surface area contributed by atoms with Crippen molar-refractivity contribution < 1.29 is 5.11 Å². The lowest BCUT2D eigenvalue weighted by atomic mass is 10.1. The molecule has 1 atom stereocenters. The Hall–Kier alpha value is -1.17. The standard InChI is InChI=1S/C9H8Cl2N4O/c10-6-1-2-7(8(11)3-6)9(16)4-15-13-5-12-14-15/h1-3,5,9,16H,4H2/t9-/m0/s1. The highest BCUT2D eigenvalue weighted by Crippen LogP contribution is 2.26. The quantitative estimate of drug-likeness (QED) is 0.911. The first-order valence-corrected chi connectivity index (χ1v) is 5.26. The van der Waals surface area contributed by atoms with Crippen LogP contribution in [0.25, 0.3) is 0 Å². The van der Waals surface area contributed by atoms with E-state index in [1.807, 2.05) is 0 Å². The van der Waals surface area contributed by atoms with Crippen molar-refractivity contribution in [3.8, 4) is 0 Å². The van der Waals surface area contributed by atoms with Crippen molar-refractivity contribution in [2.24, 2.45) is 0 Å². The number of tetrazole rings is 1. The summed E-state index contributed by atoms with van der Waals surface area (Å²) in [6.07, 6.45) is 0.509. The van der Waals surface area contributed by atoms with E-state index in [0.717, 1.165) is 0 Å². The highest BCUT2D eigenvalue weighted by molar-refractivity contribution is 6.35. The number of halogens is 2. The van der Waals surface area contributed by atoms with Crippen LogP contribution in [-0.2, 0) is 6.54 Å². The zero-order valence-electron chi connectivity index (χ0n) is 8.09. The van der Waals surface area contributed by atoms with Crippen LogP contribution >= 0.6 is 23.2 Å². The van der Waals surface area contributed by atoms with Crippen LogP contribution in [0.2, 0.25) is 10.0 Å². The van der Waals surface area contributed by atoms with Gasteiger partial charge in [0.25, 0.3) is 0 Å². The molecule has 1 aromatic carbocycles. The summed E-state index contributed by atoms with van der Waals surface area (Å²) < 4.78 is 0. The maximum Gasteiger partial charge on any atom is 0.162 e. The Labute approximate surface area is 102 Å². The van der Waals surface area contributed by atoms with Gasteiger partial charge in [-0.2, -0.15) is 4.80 Å². The van der Waals surface area contributed by atoms with Gasteiger partial charge in [-0.15, -0.1) is 10.2 Å². The van der Waals surface area contributed by atoms with E-state index in [9.17, 15) is 5.11 Å². The Balaban J connectivity index is 2.17. The number of hydrogen-bond donors (Lipinski definition) is 1. The molecule has 0 fully saturated rings. The van der Waals surface area contributed by atoms with Crippen molar-refractivity contribution in [3.05, 3.63) is 40.1 Å². The highest BCUT2D eigenvalue weighted by Gasteiger charge is 2.13. The van der Waals surface area contributed by atoms with Crippen molar-refractivity contribution in [3.63, 3.8) is 0 Å². The van der Waals surface area contributed by atoms with Gasteiger partial charge >= 0.3 is 0 Å². The smallest absolute Gasteiger partial charge is 0.162 e. The molecule has 5 nitrogen and oxygen atoms in total. The Morgan fingerprint density at radius 1 is 1.38 bits per heavy atom. The Morgan fingerprint density at radius 3 is 2.81 bits per heavy atom. The van der Waals surface area contributed by atoms with Gasteiger partial charge in [-0.25, -0.2) is 0 Å². The summed E-state index contributed by atoms with van der Waals surface area (Å²) in [5.74, 6) is 0. The number of hydrogen-bond acceptors (Lipinski definition) is 4. The number of nitrogens with zero attached hydrogens (tertiary/aromatic N) is 4. The van der Waals surface area contributed by atoms with Crippen molar-refractivity contribution in [1.82, 2.24) is 20.2 Å². The van der Waals surface area contributed by atoms with E-state index in [1.54, 1.807) is 18.2 Å². The summed E-state index contributed by atoms with van der Waals surface area (Å²) in [4.78, 5) is 1.29. The second kappa shape index (κ2) is 4.78. The molecule has 2 rings (SSSR count). The van der Waals surface area contributed by atoms with Crippen LogP contribution < -0.4 is 0 Å². The van der Waals surface area contributed by atoms with E-state index in [1.165, 1.54) is 11.1 Å². The van der Waals surface area contributed by atoms with Gasteiger partial charge in [0.2, 0.25) is 0 Å². The van der Waals surface area contributed by atoms with Crippen LogP contribution in [0.4, 0.5) is 0 Å². The predicted octanol–water partition coefficient (Wildman–Crippen LogP) is 1.71. The lowest BCUT2D eigenvalue weighted by Gasteiger charge is -2.11. The zero-order valence-corrected chi connectivity index (χ0v) is 9.60. The van der Waals surface area contributed by atoms with Crippen LogP contribution in [0, 0.1) is 0 Å². The molecule has 0 spiro atoms. The molecule has 1 heterocycles.